The van der Waals surface area contributed by atoms with E-state index in [4.69, 9.17) is 20.4 Å². The second kappa shape index (κ2) is 22.4. The summed E-state index contributed by atoms with van der Waals surface area (Å²) in [5.41, 5.74) is 13.4. The van der Waals surface area contributed by atoms with Gasteiger partial charge in [0.15, 0.2) is 0 Å². The van der Waals surface area contributed by atoms with E-state index in [-0.39, 0.29) is 23.0 Å². The molecule has 0 aliphatic heterocycles. The van der Waals surface area contributed by atoms with E-state index in [1.165, 1.54) is 44.5 Å². The third kappa shape index (κ3) is 12.3. The molecule has 10 heteroatoms. The summed E-state index contributed by atoms with van der Waals surface area (Å²) in [6, 6.07) is 62.5. The van der Waals surface area contributed by atoms with Crippen LogP contribution in [0.15, 0.2) is 194 Å². The summed E-state index contributed by atoms with van der Waals surface area (Å²) in [5.74, 6) is 0.417. The molecular weight excluding hydrogens is 893 g/mol. The number of hydrogen-bond donors (Lipinski definition) is 4. The average Bonchev–Trinajstić information content (AvgIpc) is 3.36. The van der Waals surface area contributed by atoms with Gasteiger partial charge in [0.1, 0.15) is 23.0 Å². The topological polar surface area (TPSA) is 158 Å². The van der Waals surface area contributed by atoms with Gasteiger partial charge in [0, 0.05) is 12.1 Å². The molecule has 13 aromatic rings. The summed E-state index contributed by atoms with van der Waals surface area (Å²) >= 11 is 0. The van der Waals surface area contributed by atoms with Crippen molar-refractivity contribution in [3.63, 3.8) is 0 Å². The van der Waals surface area contributed by atoms with Crippen molar-refractivity contribution >= 4 is 76.5 Å². The van der Waals surface area contributed by atoms with Gasteiger partial charge in [-0.25, -0.2) is 19.9 Å². The minimum absolute atomic E-state index is 0.104. The van der Waals surface area contributed by atoms with Gasteiger partial charge in [0.05, 0.1) is 66.9 Å². The highest BCUT2D eigenvalue weighted by Gasteiger charge is 2.07. The van der Waals surface area contributed by atoms with E-state index < -0.39 is 0 Å². The Balaban J connectivity index is 0.000000117. The number of phenolic OH excluding ortho intramolecular Hbond substituents is 4. The fourth-order valence-corrected chi connectivity index (χ4v) is 8.11. The first-order valence-electron chi connectivity index (χ1n) is 23.4. The molecule has 10 nitrogen and oxygen atoms in total. The highest BCUT2D eigenvalue weighted by molar-refractivity contribution is 6.22. The maximum atomic E-state index is 8.83. The number of nitrogens with zero attached hydrogens (tertiary/aromatic N) is 6. The highest BCUT2D eigenvalue weighted by atomic mass is 16.3. The summed E-state index contributed by atoms with van der Waals surface area (Å²) in [6.07, 6.45) is 0. The van der Waals surface area contributed by atoms with Crippen LogP contribution in [0.25, 0.3) is 76.5 Å². The van der Waals surface area contributed by atoms with Crippen molar-refractivity contribution in [1.29, 1.82) is 0 Å². The first-order valence-corrected chi connectivity index (χ1v) is 23.4. The molecule has 356 valence electrons. The second-order valence-corrected chi connectivity index (χ2v) is 17.3. The minimum atomic E-state index is 0.104. The number of para-hydroxylation sites is 8. The van der Waals surface area contributed by atoms with E-state index in [0.29, 0.717) is 0 Å². The van der Waals surface area contributed by atoms with Gasteiger partial charge in [-0.15, -0.1) is 0 Å². The Labute approximate surface area is 417 Å². The van der Waals surface area contributed by atoms with Crippen LogP contribution in [0.4, 0.5) is 0 Å². The highest BCUT2D eigenvalue weighted by Crippen LogP contribution is 2.34. The lowest BCUT2D eigenvalue weighted by Gasteiger charge is -2.09. The Bertz CT molecular complexity index is 3320. The van der Waals surface area contributed by atoms with Crippen molar-refractivity contribution in [1.82, 2.24) is 29.9 Å². The Hall–Kier alpha value is -9.28. The van der Waals surface area contributed by atoms with Crippen molar-refractivity contribution in [2.45, 2.75) is 41.5 Å². The molecule has 0 aliphatic carbocycles. The number of aryl methyl sites for hydroxylation is 6. The lowest BCUT2D eigenvalue weighted by molar-refractivity contribution is 0.448. The van der Waals surface area contributed by atoms with Crippen molar-refractivity contribution in [2.75, 3.05) is 0 Å². The molecule has 10 aromatic carbocycles. The minimum Gasteiger partial charge on any atom is -0.508 e. The smallest absolute Gasteiger partial charge is 0.119 e. The van der Waals surface area contributed by atoms with Crippen molar-refractivity contribution < 1.29 is 20.4 Å². The average molecular weight is 947 g/mol. The number of phenols is 4. The zero-order chi connectivity index (χ0) is 50.7. The van der Waals surface area contributed by atoms with Gasteiger partial charge in [-0.1, -0.05) is 109 Å². The summed E-state index contributed by atoms with van der Waals surface area (Å²) < 4.78 is 0. The molecular formula is C62H54N6O4. The number of fused-ring (bicyclic) bond motifs is 4. The van der Waals surface area contributed by atoms with E-state index in [2.05, 4.69) is 90.6 Å². The molecule has 3 aromatic heterocycles. The fraction of sp³-hybridized carbons (Fsp3) is 0.0968. The van der Waals surface area contributed by atoms with Crippen molar-refractivity contribution in [2.24, 2.45) is 0 Å². The van der Waals surface area contributed by atoms with Gasteiger partial charge in [0.2, 0.25) is 0 Å². The standard InChI is InChI=1S/C16H10.2C12H8N2.C8H12N2.2C7H8O2/c1-3-11-7-9-13-5-2-6-14-10-8-12(4-1)15(11)16(13)14;2*1-2-6-10-9(5-1)13-11-7-3-4-8-12(11)14-10;1-5-6(2)10-8(4)7(3)9-5;2*1-5-2-6(8)4-7(9)3-5/h1-10H;2*1-8H;1-4H3;2*2-4,8-9H,1H3. The van der Waals surface area contributed by atoms with Crippen LogP contribution in [0, 0.1) is 41.5 Å². The van der Waals surface area contributed by atoms with E-state index >= 15 is 0 Å². The van der Waals surface area contributed by atoms with Crippen LogP contribution in [0.2, 0.25) is 0 Å². The normalized spacial score (nSPS) is 10.6. The number of hydrogen-bond acceptors (Lipinski definition) is 10. The van der Waals surface area contributed by atoms with Crippen LogP contribution in [-0.4, -0.2) is 50.3 Å². The Morgan fingerprint density at radius 2 is 0.444 bits per heavy atom. The molecule has 72 heavy (non-hydrogen) atoms. The predicted octanol–water partition coefficient (Wildman–Crippen LogP) is 14.7. The maximum absolute atomic E-state index is 8.83. The molecule has 3 heterocycles. The molecule has 0 spiro atoms. The van der Waals surface area contributed by atoms with Gasteiger partial charge >= 0.3 is 0 Å². The monoisotopic (exact) mass is 946 g/mol. The van der Waals surface area contributed by atoms with E-state index in [0.717, 1.165) is 78.0 Å². The molecule has 0 fully saturated rings. The summed E-state index contributed by atoms with van der Waals surface area (Å²) in [6.45, 7) is 11.5. The molecule has 4 N–H and O–H groups in total. The quantitative estimate of drug-likeness (QED) is 0.0852. The Morgan fingerprint density at radius 3 is 0.639 bits per heavy atom. The lowest BCUT2D eigenvalue weighted by Crippen LogP contribution is -1.97. The lowest BCUT2D eigenvalue weighted by atomic mass is 9.95. The van der Waals surface area contributed by atoms with Gasteiger partial charge in [-0.05, 0) is 158 Å². The molecule has 0 saturated carbocycles. The van der Waals surface area contributed by atoms with E-state index in [1.54, 1.807) is 38.1 Å². The summed E-state index contributed by atoms with van der Waals surface area (Å²) in [4.78, 5) is 26.7. The zero-order valence-electron chi connectivity index (χ0n) is 40.9. The van der Waals surface area contributed by atoms with Gasteiger partial charge in [-0.3, -0.25) is 9.97 Å². The van der Waals surface area contributed by atoms with E-state index in [9.17, 15) is 0 Å². The third-order valence-corrected chi connectivity index (χ3v) is 11.7. The maximum Gasteiger partial charge on any atom is 0.119 e. The molecule has 0 radical (unpaired) electrons. The molecule has 13 rings (SSSR count). The molecule has 0 atom stereocenters. The summed E-state index contributed by atoms with van der Waals surface area (Å²) in [7, 11) is 0. The first kappa shape index (κ1) is 49.2. The van der Waals surface area contributed by atoms with Crippen LogP contribution in [-0.2, 0) is 0 Å². The van der Waals surface area contributed by atoms with Gasteiger partial charge < -0.3 is 20.4 Å². The number of aromatic hydroxyl groups is 4. The molecule has 0 amide bonds. The second-order valence-electron chi connectivity index (χ2n) is 17.3. The summed E-state index contributed by atoms with van der Waals surface area (Å²) in [5, 5.41) is 43.5. The third-order valence-electron chi connectivity index (χ3n) is 11.7. The van der Waals surface area contributed by atoms with Crippen molar-refractivity contribution in [3.8, 4) is 23.0 Å². The fourth-order valence-electron chi connectivity index (χ4n) is 8.11. The number of aromatic nitrogens is 6. The van der Waals surface area contributed by atoms with Crippen LogP contribution >= 0.6 is 0 Å². The molecule has 0 unspecified atom stereocenters. The van der Waals surface area contributed by atoms with Crippen LogP contribution in [0.1, 0.15) is 33.9 Å². The Kier molecular flexibility index (Phi) is 15.3. The van der Waals surface area contributed by atoms with Crippen molar-refractivity contribution in [3.05, 3.63) is 228 Å². The first-order chi connectivity index (χ1) is 34.8. The molecule has 0 aliphatic rings. The molecule has 0 bridgehead atoms. The van der Waals surface area contributed by atoms with Gasteiger partial charge in [-0.2, -0.15) is 0 Å². The number of benzene rings is 10. The Morgan fingerprint density at radius 1 is 0.236 bits per heavy atom. The van der Waals surface area contributed by atoms with Crippen LogP contribution < -0.4 is 0 Å². The number of rotatable bonds is 0. The largest absolute Gasteiger partial charge is 0.508 e. The predicted molar refractivity (Wildman–Crippen MR) is 294 cm³/mol. The SMILES string of the molecule is Cc1cc(O)cc(O)c1.Cc1cc(O)cc(O)c1.Cc1nc(C)c(C)nc1C.c1cc2ccc3cccc4ccc(c1)c2c34.c1ccc2nc3ccccc3nc2c1.c1ccc2nc3ccccc3nc2c1. The van der Waals surface area contributed by atoms with Crippen LogP contribution in [0.3, 0.4) is 0 Å². The molecule has 0 saturated heterocycles. The van der Waals surface area contributed by atoms with E-state index in [1.807, 2.05) is 125 Å². The van der Waals surface area contributed by atoms with Gasteiger partial charge in [0.25, 0.3) is 0 Å². The zero-order valence-corrected chi connectivity index (χ0v) is 40.9. The van der Waals surface area contributed by atoms with Crippen LogP contribution in [0.5, 0.6) is 23.0 Å².